The lowest BCUT2D eigenvalue weighted by atomic mass is 9.97. The zero-order valence-electron chi connectivity index (χ0n) is 12.4. The van der Waals surface area contributed by atoms with Gasteiger partial charge in [0, 0.05) is 42.6 Å². The Balaban J connectivity index is 1.88. The van der Waals surface area contributed by atoms with Crippen LogP contribution >= 0.6 is 11.3 Å². The number of fused-ring (bicyclic) bond motifs is 1. The molecule has 0 aromatic carbocycles. The summed E-state index contributed by atoms with van der Waals surface area (Å²) in [5, 5.41) is 5.65. The summed E-state index contributed by atoms with van der Waals surface area (Å²) >= 11 is 1.67. The highest BCUT2D eigenvalue weighted by Crippen LogP contribution is 2.22. The van der Waals surface area contributed by atoms with Gasteiger partial charge in [0.05, 0.1) is 5.69 Å². The molecule has 0 bridgehead atoms. The van der Waals surface area contributed by atoms with E-state index in [1.165, 1.54) is 11.1 Å². The number of hydrogen-bond donors (Lipinski definition) is 1. The van der Waals surface area contributed by atoms with Gasteiger partial charge < -0.3 is 5.32 Å². The van der Waals surface area contributed by atoms with E-state index in [1.54, 1.807) is 11.3 Å². The molecule has 5 heteroatoms. The Kier molecular flexibility index (Phi) is 4.31. The zero-order chi connectivity index (χ0) is 14.7. The van der Waals surface area contributed by atoms with Crippen molar-refractivity contribution in [2.24, 2.45) is 0 Å². The molecule has 0 spiro atoms. The van der Waals surface area contributed by atoms with E-state index in [9.17, 15) is 0 Å². The molecular formula is C16H20N4S. The molecule has 0 aliphatic heterocycles. The predicted molar refractivity (Wildman–Crippen MR) is 86.8 cm³/mol. The van der Waals surface area contributed by atoms with E-state index in [-0.39, 0.29) is 6.04 Å². The van der Waals surface area contributed by atoms with Crippen LogP contribution in [0.5, 0.6) is 0 Å². The molecule has 110 valence electrons. The van der Waals surface area contributed by atoms with Crippen molar-refractivity contribution < 1.29 is 0 Å². The van der Waals surface area contributed by atoms with Gasteiger partial charge in [0.15, 0.2) is 4.96 Å². The maximum absolute atomic E-state index is 4.70. The van der Waals surface area contributed by atoms with Crippen LogP contribution in [0.3, 0.4) is 0 Å². The minimum absolute atomic E-state index is 0.289. The van der Waals surface area contributed by atoms with E-state index in [2.05, 4.69) is 52.4 Å². The Morgan fingerprint density at radius 3 is 3.05 bits per heavy atom. The summed E-state index contributed by atoms with van der Waals surface area (Å²) in [6, 6.07) is 2.42. The molecule has 3 rings (SSSR count). The van der Waals surface area contributed by atoms with Gasteiger partial charge in [-0.25, -0.2) is 4.98 Å². The number of pyridine rings is 1. The van der Waals surface area contributed by atoms with E-state index in [0.29, 0.717) is 0 Å². The summed E-state index contributed by atoms with van der Waals surface area (Å²) in [5.41, 5.74) is 3.78. The lowest BCUT2D eigenvalue weighted by Gasteiger charge is -2.20. The van der Waals surface area contributed by atoms with E-state index >= 15 is 0 Å². The second-order valence-electron chi connectivity index (χ2n) is 5.07. The first-order valence-electron chi connectivity index (χ1n) is 7.39. The number of nitrogens with zero attached hydrogens (tertiary/aromatic N) is 3. The lowest BCUT2D eigenvalue weighted by molar-refractivity contribution is 0.540. The van der Waals surface area contributed by atoms with Crippen molar-refractivity contribution in [3.63, 3.8) is 0 Å². The van der Waals surface area contributed by atoms with Gasteiger partial charge >= 0.3 is 0 Å². The molecule has 21 heavy (non-hydrogen) atoms. The highest BCUT2D eigenvalue weighted by atomic mass is 32.1. The van der Waals surface area contributed by atoms with Gasteiger partial charge in [-0.15, -0.1) is 11.3 Å². The Bertz CT molecular complexity index is 687. The fraction of sp³-hybridized carbons (Fsp3) is 0.375. The van der Waals surface area contributed by atoms with Crippen LogP contribution in [-0.2, 0) is 12.8 Å². The summed E-state index contributed by atoms with van der Waals surface area (Å²) < 4.78 is 2.09. The summed E-state index contributed by atoms with van der Waals surface area (Å²) in [7, 11) is 0. The molecule has 1 N–H and O–H groups in total. The number of imidazole rings is 1. The average molecular weight is 300 g/mol. The van der Waals surface area contributed by atoms with E-state index < -0.39 is 0 Å². The van der Waals surface area contributed by atoms with Crippen molar-refractivity contribution in [1.29, 1.82) is 0 Å². The van der Waals surface area contributed by atoms with E-state index in [1.807, 2.05) is 12.4 Å². The Hall–Kier alpha value is -1.72. The van der Waals surface area contributed by atoms with Crippen LogP contribution < -0.4 is 5.32 Å². The molecule has 1 unspecified atom stereocenters. The first kappa shape index (κ1) is 14.2. The highest BCUT2D eigenvalue weighted by molar-refractivity contribution is 7.15. The van der Waals surface area contributed by atoms with Crippen molar-refractivity contribution in [2.45, 2.75) is 32.7 Å². The zero-order valence-corrected chi connectivity index (χ0v) is 13.2. The smallest absolute Gasteiger partial charge is 0.193 e. The summed E-state index contributed by atoms with van der Waals surface area (Å²) in [6.07, 6.45) is 9.95. The Morgan fingerprint density at radius 1 is 1.38 bits per heavy atom. The Labute approximate surface area is 128 Å². The third-order valence-electron chi connectivity index (χ3n) is 3.70. The summed E-state index contributed by atoms with van der Waals surface area (Å²) in [4.78, 5) is 10.0. The van der Waals surface area contributed by atoms with Crippen molar-refractivity contribution in [3.8, 4) is 0 Å². The normalized spacial score (nSPS) is 12.9. The molecule has 1 atom stereocenters. The van der Waals surface area contributed by atoms with Gasteiger partial charge in [-0.3, -0.25) is 9.38 Å². The SMILES string of the molecule is CCNC(Cc1cn2ccsc2n1)c1ccncc1CC. The molecule has 0 aliphatic carbocycles. The standard InChI is InChI=1S/C16H20N4S/c1-3-12-10-17-6-5-14(12)15(18-4-2)9-13-11-20-7-8-21-16(20)19-13/h5-8,10-11,15,18H,3-4,9H2,1-2H3. The Morgan fingerprint density at radius 2 is 2.29 bits per heavy atom. The van der Waals surface area contributed by atoms with Crippen LogP contribution in [0.25, 0.3) is 4.96 Å². The van der Waals surface area contributed by atoms with Crippen LogP contribution in [0, 0.1) is 0 Å². The number of hydrogen-bond acceptors (Lipinski definition) is 4. The molecule has 3 aromatic heterocycles. The van der Waals surface area contributed by atoms with Gasteiger partial charge in [-0.2, -0.15) is 0 Å². The third-order valence-corrected chi connectivity index (χ3v) is 4.48. The second-order valence-corrected chi connectivity index (χ2v) is 5.94. The molecule has 0 saturated carbocycles. The molecule has 0 amide bonds. The molecule has 0 saturated heterocycles. The third kappa shape index (κ3) is 2.99. The van der Waals surface area contributed by atoms with Gasteiger partial charge in [0.25, 0.3) is 0 Å². The number of rotatable bonds is 6. The largest absolute Gasteiger partial charge is 0.310 e. The fourth-order valence-corrected chi connectivity index (χ4v) is 3.41. The van der Waals surface area contributed by atoms with Crippen molar-refractivity contribution in [3.05, 3.63) is 53.1 Å². The summed E-state index contributed by atoms with van der Waals surface area (Å²) in [6.45, 7) is 5.26. The first-order chi connectivity index (χ1) is 10.3. The number of likely N-dealkylation sites (N-methyl/N-ethyl adjacent to an activating group) is 1. The van der Waals surface area contributed by atoms with Crippen LogP contribution in [0.2, 0.25) is 0 Å². The quantitative estimate of drug-likeness (QED) is 0.760. The number of aromatic nitrogens is 3. The van der Waals surface area contributed by atoms with E-state index in [4.69, 9.17) is 4.98 Å². The van der Waals surface area contributed by atoms with E-state index in [0.717, 1.165) is 30.0 Å². The number of thiazole rings is 1. The summed E-state index contributed by atoms with van der Waals surface area (Å²) in [5.74, 6) is 0. The molecule has 0 fully saturated rings. The minimum atomic E-state index is 0.289. The average Bonchev–Trinajstić information content (AvgIpc) is 3.08. The van der Waals surface area contributed by atoms with Gasteiger partial charge in [-0.1, -0.05) is 13.8 Å². The van der Waals surface area contributed by atoms with Crippen LogP contribution in [0.4, 0.5) is 0 Å². The fourth-order valence-electron chi connectivity index (χ4n) is 2.70. The monoisotopic (exact) mass is 300 g/mol. The number of aryl methyl sites for hydroxylation is 1. The topological polar surface area (TPSA) is 42.2 Å². The lowest BCUT2D eigenvalue weighted by Crippen LogP contribution is -2.24. The molecule has 4 nitrogen and oxygen atoms in total. The predicted octanol–water partition coefficient (Wildman–Crippen LogP) is 3.25. The van der Waals surface area contributed by atoms with Crippen LogP contribution in [0.1, 0.15) is 36.7 Å². The molecular weight excluding hydrogens is 280 g/mol. The van der Waals surface area contributed by atoms with Gasteiger partial charge in [-0.05, 0) is 30.2 Å². The molecule has 3 heterocycles. The number of nitrogens with one attached hydrogen (secondary N) is 1. The molecule has 3 aromatic rings. The van der Waals surface area contributed by atoms with Crippen molar-refractivity contribution in [1.82, 2.24) is 19.7 Å². The van der Waals surface area contributed by atoms with Crippen LogP contribution in [-0.4, -0.2) is 20.9 Å². The molecule has 0 aliphatic rings. The molecule has 0 radical (unpaired) electrons. The van der Waals surface area contributed by atoms with Crippen molar-refractivity contribution >= 4 is 16.3 Å². The highest BCUT2D eigenvalue weighted by Gasteiger charge is 2.16. The maximum atomic E-state index is 4.70. The van der Waals surface area contributed by atoms with Crippen molar-refractivity contribution in [2.75, 3.05) is 6.54 Å². The van der Waals surface area contributed by atoms with Gasteiger partial charge in [0.1, 0.15) is 0 Å². The van der Waals surface area contributed by atoms with Gasteiger partial charge in [0.2, 0.25) is 0 Å². The maximum Gasteiger partial charge on any atom is 0.193 e. The second kappa shape index (κ2) is 6.37. The first-order valence-corrected chi connectivity index (χ1v) is 8.27. The van der Waals surface area contributed by atoms with Crippen LogP contribution in [0.15, 0.2) is 36.2 Å². The minimum Gasteiger partial charge on any atom is -0.310 e.